The van der Waals surface area contributed by atoms with Gasteiger partial charge in [-0.15, -0.1) is 20.2 Å². The number of rotatable bonds is 7. The van der Waals surface area contributed by atoms with Crippen LogP contribution in [0.1, 0.15) is 12.8 Å². The largest absolute Gasteiger partial charge is 0.388 e. The summed E-state index contributed by atoms with van der Waals surface area (Å²) >= 11 is 4.22. The molecule has 18 nitrogen and oxygen atoms in total. The third-order valence-corrected chi connectivity index (χ3v) is 11.2. The van der Waals surface area contributed by atoms with Crippen molar-refractivity contribution in [3.05, 3.63) is 20.2 Å². The van der Waals surface area contributed by atoms with E-state index in [0.29, 0.717) is 39.3 Å². The molecule has 0 aliphatic carbocycles. The van der Waals surface area contributed by atoms with Crippen LogP contribution in [0.2, 0.25) is 0 Å². The summed E-state index contributed by atoms with van der Waals surface area (Å²) in [5.74, 6) is -0.296. The van der Waals surface area contributed by atoms with Crippen molar-refractivity contribution in [2.45, 2.75) is 83.5 Å². The molecule has 0 saturated carbocycles. The van der Waals surface area contributed by atoms with Crippen LogP contribution in [0.25, 0.3) is 0 Å². The van der Waals surface area contributed by atoms with Crippen LogP contribution in [0.15, 0.2) is 0 Å². The van der Waals surface area contributed by atoms with Gasteiger partial charge < -0.3 is 43.2 Å². The third-order valence-electron chi connectivity index (χ3n) is 7.53. The number of nitrogens with one attached hydrogen (secondary N) is 1. The number of hydrogen-bond acceptors (Lipinski definition) is 18. The molecule has 8 unspecified atom stereocenters. The minimum atomic E-state index is -0.814. The van der Waals surface area contributed by atoms with E-state index < -0.39 is 34.6 Å². The highest BCUT2D eigenvalue weighted by Crippen LogP contribution is 2.45. The minimum absolute atomic E-state index is 0.00893. The summed E-state index contributed by atoms with van der Waals surface area (Å²) in [6, 6.07) is 0. The van der Waals surface area contributed by atoms with E-state index in [0.717, 1.165) is 0 Å². The number of carbonyl (C=O) groups excluding carboxylic acids is 2. The Morgan fingerprint density at radius 1 is 0.698 bits per heavy atom. The van der Waals surface area contributed by atoms with Crippen molar-refractivity contribution in [2.24, 2.45) is 0 Å². The highest BCUT2D eigenvalue weighted by molar-refractivity contribution is 8.77. The lowest BCUT2D eigenvalue weighted by Crippen LogP contribution is -2.33. The molecule has 7 rings (SSSR count). The van der Waals surface area contributed by atoms with E-state index in [1.807, 2.05) is 0 Å². The number of aliphatic hydroxyl groups excluding tert-OH is 1. The Bertz CT molecular complexity index is 1030. The smallest absolute Gasteiger partial charge is 0.294 e. The van der Waals surface area contributed by atoms with Crippen molar-refractivity contribution in [3.63, 3.8) is 0 Å². The number of thiol groups is 1. The molecule has 7 aliphatic rings. The Hall–Kier alpha value is -1.69. The van der Waals surface area contributed by atoms with Gasteiger partial charge in [0, 0.05) is 12.8 Å². The Labute approximate surface area is 257 Å². The zero-order valence-corrected chi connectivity index (χ0v) is 24.9. The summed E-state index contributed by atoms with van der Waals surface area (Å²) in [6.07, 6.45) is -2.49. The predicted molar refractivity (Wildman–Crippen MR) is 146 cm³/mol. The predicted octanol–water partition coefficient (Wildman–Crippen LogP) is -1.28. The fourth-order valence-corrected chi connectivity index (χ4v) is 8.96. The van der Waals surface area contributed by atoms with Gasteiger partial charge in [0.2, 0.25) is 11.8 Å². The van der Waals surface area contributed by atoms with Gasteiger partial charge in [-0.1, -0.05) is 21.6 Å². The first-order chi connectivity index (χ1) is 20.6. The number of imide groups is 1. The molecular weight excluding hydrogens is 642 g/mol. The summed E-state index contributed by atoms with van der Waals surface area (Å²) in [5.41, 5.74) is 0. The van der Waals surface area contributed by atoms with Crippen LogP contribution < -0.4 is 5.32 Å². The standard InChI is InChI=1S/C12H17NO8S2.C6H9NO5S.C4H5NO2/c14-5-1-17-11-7(3-19-9(5)11)22-23-8-4-20-10-6(21-13(15)16)2-18-12(8)10;8-7(9)12-3-1-10-6-4(13)2-11-5(3)6;6-3-1-2-4(7)5-3/h5-12,14H,1-4H2;3-6,13H,1-2H2;1-2H2,(H,5,6,7)/t5-,6-,7?,8+,9?,10?,11?,12?;3?,4-,5?,6?;/m10./s1. The number of hydrogen-bond donors (Lipinski definition) is 3. The van der Waals surface area contributed by atoms with E-state index >= 15 is 0 Å². The Morgan fingerprint density at radius 3 is 1.67 bits per heavy atom. The first kappa shape index (κ1) is 32.7. The molecule has 21 heteroatoms. The molecule has 0 aromatic rings. The molecule has 0 aromatic heterocycles. The Balaban J connectivity index is 0.000000154. The quantitative estimate of drug-likeness (QED) is 0.0940. The maximum atomic E-state index is 10.5. The lowest BCUT2D eigenvalue weighted by molar-refractivity contribution is -0.769. The second-order valence-corrected chi connectivity index (χ2v) is 13.8. The summed E-state index contributed by atoms with van der Waals surface area (Å²) in [6.45, 7) is 2.15. The van der Waals surface area contributed by atoms with E-state index in [1.165, 1.54) is 0 Å². The average Bonchev–Trinajstić information content (AvgIpc) is 3.78. The first-order valence-electron chi connectivity index (χ1n) is 13.4. The molecule has 7 aliphatic heterocycles. The number of amides is 2. The molecule has 7 fully saturated rings. The average molecular weight is 674 g/mol. The maximum absolute atomic E-state index is 10.5. The van der Waals surface area contributed by atoms with Crippen LogP contribution in [-0.4, -0.2) is 137 Å². The third kappa shape index (κ3) is 7.94. The number of carbonyl (C=O) groups is 2. The molecule has 43 heavy (non-hydrogen) atoms. The molecule has 7 saturated heterocycles. The molecule has 12 atom stereocenters. The fraction of sp³-hybridized carbons (Fsp3) is 0.909. The topological polar surface area (TPSA) is 227 Å². The van der Waals surface area contributed by atoms with Crippen molar-refractivity contribution < 1.29 is 63.0 Å². The second kappa shape index (κ2) is 14.6. The number of nitrogens with zero attached hydrogens (tertiary/aromatic N) is 2. The highest BCUT2D eigenvalue weighted by Gasteiger charge is 2.52. The number of ether oxygens (including phenoxy) is 6. The number of fused-ring (bicyclic) bond motifs is 3. The number of aliphatic hydroxyl groups is 1. The van der Waals surface area contributed by atoms with Crippen LogP contribution in [-0.2, 0) is 47.7 Å². The van der Waals surface area contributed by atoms with Crippen molar-refractivity contribution in [1.29, 1.82) is 0 Å². The van der Waals surface area contributed by atoms with Crippen LogP contribution in [0.3, 0.4) is 0 Å². The van der Waals surface area contributed by atoms with Crippen molar-refractivity contribution in [3.8, 4) is 0 Å². The minimum Gasteiger partial charge on any atom is -0.388 e. The fourth-order valence-electron chi connectivity index (χ4n) is 5.53. The van der Waals surface area contributed by atoms with Gasteiger partial charge in [0.1, 0.15) is 36.6 Å². The molecule has 2 N–H and O–H groups in total. The highest BCUT2D eigenvalue weighted by atomic mass is 33.1. The van der Waals surface area contributed by atoms with Crippen LogP contribution >= 0.6 is 34.2 Å². The molecule has 2 amide bonds. The first-order valence-corrected chi connectivity index (χ1v) is 16.2. The van der Waals surface area contributed by atoms with Crippen LogP contribution in [0.5, 0.6) is 0 Å². The van der Waals surface area contributed by atoms with Gasteiger partial charge >= 0.3 is 0 Å². The van der Waals surface area contributed by atoms with Crippen molar-refractivity contribution in [1.82, 2.24) is 5.32 Å². The zero-order chi connectivity index (χ0) is 30.7. The van der Waals surface area contributed by atoms with Crippen LogP contribution in [0, 0.1) is 20.2 Å². The van der Waals surface area contributed by atoms with Gasteiger partial charge in [0.15, 0.2) is 12.2 Å². The molecule has 0 aromatic carbocycles. The zero-order valence-electron chi connectivity index (χ0n) is 22.4. The van der Waals surface area contributed by atoms with Gasteiger partial charge in [0.05, 0.1) is 61.5 Å². The summed E-state index contributed by atoms with van der Waals surface area (Å²) in [7, 11) is 3.27. The van der Waals surface area contributed by atoms with Crippen molar-refractivity contribution in [2.75, 3.05) is 39.6 Å². The lowest BCUT2D eigenvalue weighted by atomic mass is 10.1. The molecular formula is C22H31N3O15S3. The molecule has 0 bridgehead atoms. The Morgan fingerprint density at radius 2 is 1.14 bits per heavy atom. The normalized spacial score (nSPS) is 42.2. The summed E-state index contributed by atoms with van der Waals surface area (Å²) < 4.78 is 33.0. The van der Waals surface area contributed by atoms with E-state index in [2.05, 4.69) is 27.6 Å². The van der Waals surface area contributed by atoms with Gasteiger partial charge in [-0.2, -0.15) is 12.6 Å². The van der Waals surface area contributed by atoms with Gasteiger partial charge in [-0.25, -0.2) is 0 Å². The lowest BCUT2D eigenvalue weighted by Gasteiger charge is -2.19. The van der Waals surface area contributed by atoms with Crippen LogP contribution in [0.4, 0.5) is 0 Å². The van der Waals surface area contributed by atoms with E-state index in [1.54, 1.807) is 21.6 Å². The van der Waals surface area contributed by atoms with Crippen molar-refractivity contribution >= 4 is 46.0 Å². The summed E-state index contributed by atoms with van der Waals surface area (Å²) in [4.78, 5) is 49.8. The Kier molecular flexibility index (Phi) is 11.1. The monoisotopic (exact) mass is 673 g/mol. The maximum Gasteiger partial charge on any atom is 0.294 e. The summed E-state index contributed by atoms with van der Waals surface area (Å²) in [5, 5.41) is 31.0. The van der Waals surface area contributed by atoms with Gasteiger partial charge in [-0.05, 0) is 0 Å². The molecule has 7 heterocycles. The van der Waals surface area contributed by atoms with Gasteiger partial charge in [-0.3, -0.25) is 14.9 Å². The SMILES string of the molecule is O=C1CCC(=O)N1.O=[N+]([O-])OC1COC2C1OC[C@@H]2S.O=[N+]([O-])O[C@@H]1COC2C1OC[C@@H]2SSC1COC2C1OC[C@H]2O. The van der Waals surface area contributed by atoms with E-state index in [-0.39, 0.29) is 71.3 Å². The molecule has 0 spiro atoms. The second-order valence-electron chi connectivity index (χ2n) is 10.4. The van der Waals surface area contributed by atoms with Gasteiger partial charge in [0.25, 0.3) is 10.2 Å². The van der Waals surface area contributed by atoms with E-state index in [9.17, 15) is 34.9 Å². The van der Waals surface area contributed by atoms with E-state index in [4.69, 9.17) is 28.4 Å². The molecule has 0 radical (unpaired) electrons. The molecule has 242 valence electrons.